The van der Waals surface area contributed by atoms with Gasteiger partial charge in [0.2, 0.25) is 11.8 Å². The van der Waals surface area contributed by atoms with Crippen molar-refractivity contribution in [2.45, 2.75) is 18.2 Å². The van der Waals surface area contributed by atoms with Gasteiger partial charge in [0.05, 0.1) is 18.7 Å². The number of amides is 2. The van der Waals surface area contributed by atoms with E-state index in [2.05, 4.69) is 16.8 Å². The van der Waals surface area contributed by atoms with Crippen molar-refractivity contribution in [2.75, 3.05) is 43.8 Å². The normalized spacial score (nSPS) is 14.4. The van der Waals surface area contributed by atoms with Gasteiger partial charge < -0.3 is 10.2 Å². The predicted molar refractivity (Wildman–Crippen MR) is 124 cm³/mol. The molecule has 1 saturated heterocycles. The maximum absolute atomic E-state index is 12.6. The van der Waals surface area contributed by atoms with Crippen LogP contribution in [0.4, 0.5) is 5.69 Å². The van der Waals surface area contributed by atoms with Crippen LogP contribution in [0.15, 0.2) is 66.1 Å². The number of nitrogens with one attached hydrogen (secondary N) is 1. The third-order valence-electron chi connectivity index (χ3n) is 5.21. The fourth-order valence-electron chi connectivity index (χ4n) is 3.48. The summed E-state index contributed by atoms with van der Waals surface area (Å²) in [7, 11) is 0. The monoisotopic (exact) mass is 423 g/mol. The summed E-state index contributed by atoms with van der Waals surface area (Å²) in [5.41, 5.74) is 3.06. The zero-order valence-corrected chi connectivity index (χ0v) is 18.3. The van der Waals surface area contributed by atoms with Gasteiger partial charge in [-0.25, -0.2) is 0 Å². The number of nitrogens with zero attached hydrogens (tertiary/aromatic N) is 2. The fraction of sp³-hybridized carbons (Fsp3) is 0.333. The van der Waals surface area contributed by atoms with Crippen molar-refractivity contribution in [3.05, 3.63) is 72.3 Å². The van der Waals surface area contributed by atoms with E-state index in [1.54, 1.807) is 11.8 Å². The van der Waals surface area contributed by atoms with E-state index >= 15 is 0 Å². The molecule has 1 fully saturated rings. The highest BCUT2D eigenvalue weighted by molar-refractivity contribution is 7.99. The second-order valence-corrected chi connectivity index (χ2v) is 8.47. The molecule has 5 nitrogen and oxygen atoms in total. The number of benzene rings is 2. The minimum Gasteiger partial charge on any atom is -0.340 e. The van der Waals surface area contributed by atoms with Crippen LogP contribution in [0.5, 0.6) is 0 Å². The van der Waals surface area contributed by atoms with Crippen LogP contribution in [-0.2, 0) is 16.0 Å². The Balaban J connectivity index is 1.46. The molecule has 0 aromatic heterocycles. The number of anilines is 1. The van der Waals surface area contributed by atoms with Gasteiger partial charge in [-0.05, 0) is 30.2 Å². The van der Waals surface area contributed by atoms with Crippen molar-refractivity contribution in [3.8, 4) is 0 Å². The Morgan fingerprint density at radius 2 is 1.77 bits per heavy atom. The average Bonchev–Trinajstić information content (AvgIpc) is 2.75. The largest absolute Gasteiger partial charge is 0.340 e. The number of rotatable bonds is 8. The lowest BCUT2D eigenvalue weighted by Gasteiger charge is -2.34. The van der Waals surface area contributed by atoms with Crippen LogP contribution in [0, 0.1) is 6.92 Å². The summed E-state index contributed by atoms with van der Waals surface area (Å²) in [6.07, 6.45) is 2.29. The summed E-state index contributed by atoms with van der Waals surface area (Å²) in [4.78, 5) is 30.2. The van der Waals surface area contributed by atoms with Crippen LogP contribution >= 0.6 is 11.8 Å². The molecule has 3 rings (SSSR count). The van der Waals surface area contributed by atoms with Gasteiger partial charge in [0, 0.05) is 36.8 Å². The lowest BCUT2D eigenvalue weighted by atomic mass is 10.1. The number of aryl methyl sites for hydroxylation is 1. The molecule has 0 radical (unpaired) electrons. The number of hydrogen-bond donors (Lipinski definition) is 1. The Hall–Kier alpha value is -2.57. The molecule has 0 bridgehead atoms. The van der Waals surface area contributed by atoms with Crippen LogP contribution in [0.1, 0.15) is 11.1 Å². The van der Waals surface area contributed by atoms with Crippen LogP contribution in [-0.4, -0.2) is 60.1 Å². The Bertz CT molecular complexity index is 892. The van der Waals surface area contributed by atoms with E-state index in [0.29, 0.717) is 39.1 Å². The standard InChI is InChI=1S/C24H29N3O2S/c1-3-16-30-22-11-7-6-10-21(22)25-23(28)18-26-12-14-27(15-13-26)24(29)17-20-9-5-4-8-19(20)2/h3-11H,1,12-18H2,2H3,(H,25,28). The maximum atomic E-state index is 12.6. The zero-order valence-electron chi connectivity index (χ0n) is 17.5. The Labute approximate surface area is 183 Å². The SMILES string of the molecule is C=CCSc1ccccc1NC(=O)CN1CCN(C(=O)Cc2ccccc2C)CC1. The van der Waals surface area contributed by atoms with Crippen LogP contribution in [0.2, 0.25) is 0 Å². The molecular weight excluding hydrogens is 394 g/mol. The maximum Gasteiger partial charge on any atom is 0.238 e. The third-order valence-corrected chi connectivity index (χ3v) is 6.28. The van der Waals surface area contributed by atoms with Gasteiger partial charge in [-0.15, -0.1) is 18.3 Å². The van der Waals surface area contributed by atoms with Crippen molar-refractivity contribution >= 4 is 29.3 Å². The van der Waals surface area contributed by atoms with E-state index < -0.39 is 0 Å². The molecule has 0 aliphatic carbocycles. The summed E-state index contributed by atoms with van der Waals surface area (Å²) in [6, 6.07) is 15.8. The van der Waals surface area contributed by atoms with E-state index in [-0.39, 0.29) is 11.8 Å². The van der Waals surface area contributed by atoms with Gasteiger partial charge >= 0.3 is 0 Å². The first-order chi connectivity index (χ1) is 14.6. The molecule has 2 amide bonds. The summed E-state index contributed by atoms with van der Waals surface area (Å²) in [5, 5.41) is 3.02. The molecule has 30 heavy (non-hydrogen) atoms. The second-order valence-electron chi connectivity index (χ2n) is 7.40. The molecule has 1 N–H and O–H groups in total. The molecule has 2 aromatic carbocycles. The van der Waals surface area contributed by atoms with Gasteiger partial charge in [-0.1, -0.05) is 42.5 Å². The predicted octanol–water partition coefficient (Wildman–Crippen LogP) is 3.60. The summed E-state index contributed by atoms with van der Waals surface area (Å²) in [6.45, 7) is 8.84. The van der Waals surface area contributed by atoms with Crippen LogP contribution in [0.3, 0.4) is 0 Å². The van der Waals surface area contributed by atoms with Crippen molar-refractivity contribution in [1.29, 1.82) is 0 Å². The van der Waals surface area contributed by atoms with E-state index in [9.17, 15) is 9.59 Å². The molecule has 1 aliphatic heterocycles. The molecule has 158 valence electrons. The van der Waals surface area contributed by atoms with E-state index in [1.807, 2.05) is 66.4 Å². The highest BCUT2D eigenvalue weighted by atomic mass is 32.2. The van der Waals surface area contributed by atoms with Gasteiger partial charge in [0.15, 0.2) is 0 Å². The quantitative estimate of drug-likeness (QED) is 0.521. The van der Waals surface area contributed by atoms with E-state index in [0.717, 1.165) is 27.5 Å². The van der Waals surface area contributed by atoms with Crippen molar-refractivity contribution in [3.63, 3.8) is 0 Å². The lowest BCUT2D eigenvalue weighted by Crippen LogP contribution is -2.50. The molecule has 6 heteroatoms. The minimum absolute atomic E-state index is 0.0265. The Kier molecular flexibility index (Phi) is 8.11. The summed E-state index contributed by atoms with van der Waals surface area (Å²) >= 11 is 1.65. The molecule has 1 heterocycles. The van der Waals surface area contributed by atoms with Gasteiger partial charge in [-0.2, -0.15) is 0 Å². The second kappa shape index (κ2) is 11.0. The third kappa shape index (κ3) is 6.21. The van der Waals surface area contributed by atoms with Gasteiger partial charge in [0.1, 0.15) is 0 Å². The van der Waals surface area contributed by atoms with Crippen LogP contribution in [0.25, 0.3) is 0 Å². The average molecular weight is 424 g/mol. The Morgan fingerprint density at radius 3 is 2.50 bits per heavy atom. The van der Waals surface area contributed by atoms with E-state index in [1.165, 1.54) is 0 Å². The van der Waals surface area contributed by atoms with E-state index in [4.69, 9.17) is 0 Å². The first kappa shape index (κ1) is 22.1. The zero-order chi connectivity index (χ0) is 21.3. The van der Waals surface area contributed by atoms with Crippen molar-refractivity contribution < 1.29 is 9.59 Å². The number of carbonyl (C=O) groups is 2. The lowest BCUT2D eigenvalue weighted by molar-refractivity contribution is -0.132. The minimum atomic E-state index is -0.0265. The number of piperazine rings is 1. The highest BCUT2D eigenvalue weighted by Crippen LogP contribution is 2.26. The molecule has 2 aromatic rings. The molecule has 0 saturated carbocycles. The first-order valence-electron chi connectivity index (χ1n) is 10.2. The number of hydrogen-bond acceptors (Lipinski definition) is 4. The molecule has 0 spiro atoms. The Morgan fingerprint density at radius 1 is 1.07 bits per heavy atom. The summed E-state index contributed by atoms with van der Waals surface area (Å²) in [5.74, 6) is 0.925. The topological polar surface area (TPSA) is 52.7 Å². The van der Waals surface area contributed by atoms with Gasteiger partial charge in [-0.3, -0.25) is 14.5 Å². The smallest absolute Gasteiger partial charge is 0.238 e. The number of thioether (sulfide) groups is 1. The fourth-order valence-corrected chi connectivity index (χ4v) is 4.22. The van der Waals surface area contributed by atoms with Crippen molar-refractivity contribution in [1.82, 2.24) is 9.80 Å². The molecular formula is C24H29N3O2S. The van der Waals surface area contributed by atoms with Gasteiger partial charge in [0.25, 0.3) is 0 Å². The first-order valence-corrected chi connectivity index (χ1v) is 11.2. The van der Waals surface area contributed by atoms with Crippen LogP contribution < -0.4 is 5.32 Å². The van der Waals surface area contributed by atoms with Crippen molar-refractivity contribution in [2.24, 2.45) is 0 Å². The molecule has 1 aliphatic rings. The number of carbonyl (C=O) groups excluding carboxylic acids is 2. The number of para-hydroxylation sites is 1. The summed E-state index contributed by atoms with van der Waals surface area (Å²) < 4.78 is 0. The highest BCUT2D eigenvalue weighted by Gasteiger charge is 2.23. The molecule has 0 unspecified atom stereocenters. The molecule has 0 atom stereocenters.